The molecule has 0 saturated heterocycles. The van der Waals surface area contributed by atoms with Gasteiger partial charge in [0.2, 0.25) is 0 Å². The number of carbonyl (C=O) groups is 1. The molecule has 1 aliphatic rings. The van der Waals surface area contributed by atoms with Gasteiger partial charge in [0.25, 0.3) is 5.91 Å². The van der Waals surface area contributed by atoms with E-state index in [1.54, 1.807) is 0 Å². The van der Waals surface area contributed by atoms with Crippen molar-refractivity contribution in [3.8, 4) is 5.75 Å². The van der Waals surface area contributed by atoms with Gasteiger partial charge in [-0.3, -0.25) is 4.79 Å². The molecular formula is C17H25NO2S. The smallest absolute Gasteiger partial charge is 0.257 e. The van der Waals surface area contributed by atoms with E-state index in [0.717, 1.165) is 23.3 Å². The molecule has 3 nitrogen and oxygen atoms in total. The normalized spacial score (nSPS) is 15.1. The quantitative estimate of drug-likeness (QED) is 0.784. The Kier molecular flexibility index (Phi) is 6.43. The zero-order chi connectivity index (χ0) is 15.1. The Hall–Kier alpha value is -1.16. The topological polar surface area (TPSA) is 38.3 Å². The Balaban J connectivity index is 1.59. The van der Waals surface area contributed by atoms with Gasteiger partial charge in [0.05, 0.1) is 0 Å². The fraction of sp³-hybridized carbons (Fsp3) is 0.588. The first-order valence-electron chi connectivity index (χ1n) is 7.73. The molecule has 0 aliphatic heterocycles. The molecule has 1 saturated carbocycles. The molecule has 21 heavy (non-hydrogen) atoms. The Bertz CT molecular complexity index is 470. The lowest BCUT2D eigenvalue weighted by molar-refractivity contribution is -0.122. The maximum atomic E-state index is 11.7. The maximum Gasteiger partial charge on any atom is 0.257 e. The third-order valence-electron chi connectivity index (χ3n) is 3.93. The van der Waals surface area contributed by atoms with Crippen LogP contribution in [0.1, 0.15) is 36.8 Å². The number of ether oxygens (including phenoxy) is 1. The van der Waals surface area contributed by atoms with Crippen LogP contribution >= 0.6 is 11.8 Å². The van der Waals surface area contributed by atoms with Crippen LogP contribution in [-0.2, 0) is 4.79 Å². The molecular weight excluding hydrogens is 282 g/mol. The van der Waals surface area contributed by atoms with Gasteiger partial charge < -0.3 is 10.1 Å². The van der Waals surface area contributed by atoms with E-state index in [1.807, 2.05) is 36.9 Å². The van der Waals surface area contributed by atoms with Crippen LogP contribution in [0.15, 0.2) is 18.2 Å². The fourth-order valence-electron chi connectivity index (χ4n) is 2.47. The summed E-state index contributed by atoms with van der Waals surface area (Å²) in [5, 5.41) is 3.73. The first-order valence-corrected chi connectivity index (χ1v) is 8.78. The van der Waals surface area contributed by atoms with Gasteiger partial charge in [0.1, 0.15) is 5.75 Å². The molecule has 2 rings (SSSR count). The lowest BCUT2D eigenvalue weighted by Gasteiger charge is -2.10. The summed E-state index contributed by atoms with van der Waals surface area (Å²) in [6.45, 7) is 4.93. The van der Waals surface area contributed by atoms with E-state index in [-0.39, 0.29) is 12.5 Å². The number of hydrogen-bond acceptors (Lipinski definition) is 3. The number of thioether (sulfide) groups is 1. The fourth-order valence-corrected chi connectivity index (χ4v) is 3.69. The summed E-state index contributed by atoms with van der Waals surface area (Å²) in [5.41, 5.74) is 2.41. The van der Waals surface area contributed by atoms with Gasteiger partial charge >= 0.3 is 0 Å². The second kappa shape index (κ2) is 8.32. The molecule has 1 aromatic carbocycles. The molecule has 0 heterocycles. The number of nitrogens with one attached hydrogen (secondary N) is 1. The highest BCUT2D eigenvalue weighted by Crippen LogP contribution is 2.28. The molecule has 0 atom stereocenters. The summed E-state index contributed by atoms with van der Waals surface area (Å²) in [6.07, 6.45) is 5.42. The number of rotatable bonds is 7. The molecule has 1 N–H and O–H groups in total. The zero-order valence-electron chi connectivity index (χ0n) is 13.0. The van der Waals surface area contributed by atoms with Gasteiger partial charge in [-0.2, -0.15) is 11.8 Å². The van der Waals surface area contributed by atoms with E-state index in [0.29, 0.717) is 0 Å². The summed E-state index contributed by atoms with van der Waals surface area (Å²) in [6, 6.07) is 5.89. The average molecular weight is 307 g/mol. The second-order valence-electron chi connectivity index (χ2n) is 5.66. The number of hydrogen-bond donors (Lipinski definition) is 1. The minimum atomic E-state index is -0.0414. The minimum Gasteiger partial charge on any atom is -0.484 e. The van der Waals surface area contributed by atoms with Crippen LogP contribution in [0, 0.1) is 13.8 Å². The van der Waals surface area contributed by atoms with Crippen LogP contribution in [0.5, 0.6) is 5.75 Å². The van der Waals surface area contributed by atoms with E-state index in [2.05, 4.69) is 12.2 Å². The van der Waals surface area contributed by atoms with Crippen molar-refractivity contribution in [2.24, 2.45) is 0 Å². The van der Waals surface area contributed by atoms with Crippen molar-refractivity contribution in [3.05, 3.63) is 29.3 Å². The van der Waals surface area contributed by atoms with Gasteiger partial charge in [-0.1, -0.05) is 18.9 Å². The Morgan fingerprint density at radius 3 is 2.76 bits per heavy atom. The van der Waals surface area contributed by atoms with Gasteiger partial charge in [-0.25, -0.2) is 0 Å². The van der Waals surface area contributed by atoms with Crippen LogP contribution in [-0.4, -0.2) is 30.1 Å². The van der Waals surface area contributed by atoms with E-state index >= 15 is 0 Å². The molecule has 0 bridgehead atoms. The zero-order valence-corrected chi connectivity index (χ0v) is 13.8. The van der Waals surface area contributed by atoms with Crippen LogP contribution in [0.25, 0.3) is 0 Å². The predicted molar refractivity (Wildman–Crippen MR) is 89.1 cm³/mol. The molecule has 1 fully saturated rings. The predicted octanol–water partition coefficient (Wildman–Crippen LogP) is 3.47. The van der Waals surface area contributed by atoms with Crippen molar-refractivity contribution >= 4 is 17.7 Å². The third kappa shape index (κ3) is 5.62. The van der Waals surface area contributed by atoms with Crippen molar-refractivity contribution in [2.45, 2.75) is 44.8 Å². The van der Waals surface area contributed by atoms with Gasteiger partial charge in [0, 0.05) is 17.5 Å². The molecule has 1 aliphatic carbocycles. The Morgan fingerprint density at radius 1 is 1.29 bits per heavy atom. The van der Waals surface area contributed by atoms with E-state index in [9.17, 15) is 4.79 Å². The summed E-state index contributed by atoms with van der Waals surface area (Å²) in [5.74, 6) is 1.72. The van der Waals surface area contributed by atoms with Crippen LogP contribution in [0.4, 0.5) is 0 Å². The van der Waals surface area contributed by atoms with Gasteiger partial charge in [-0.15, -0.1) is 0 Å². The highest BCUT2D eigenvalue weighted by atomic mass is 32.2. The Morgan fingerprint density at radius 2 is 2.05 bits per heavy atom. The maximum absolute atomic E-state index is 11.7. The molecule has 0 aromatic heterocycles. The first-order chi connectivity index (χ1) is 10.1. The number of benzene rings is 1. The molecule has 0 radical (unpaired) electrons. The molecule has 0 unspecified atom stereocenters. The van der Waals surface area contributed by atoms with Crippen molar-refractivity contribution in [1.29, 1.82) is 0 Å². The number of amides is 1. The standard InChI is InChI=1S/C17H25NO2S/c1-13-7-8-15(11-14(13)2)20-12-17(19)18-9-10-21-16-5-3-4-6-16/h7-8,11,16H,3-6,9-10,12H2,1-2H3,(H,18,19). The lowest BCUT2D eigenvalue weighted by atomic mass is 10.1. The monoisotopic (exact) mass is 307 g/mol. The summed E-state index contributed by atoms with van der Waals surface area (Å²) in [4.78, 5) is 11.7. The van der Waals surface area contributed by atoms with Crippen LogP contribution < -0.4 is 10.1 Å². The van der Waals surface area contributed by atoms with Crippen molar-refractivity contribution in [2.75, 3.05) is 18.9 Å². The van der Waals surface area contributed by atoms with Crippen molar-refractivity contribution in [3.63, 3.8) is 0 Å². The SMILES string of the molecule is Cc1ccc(OCC(=O)NCCSC2CCCC2)cc1C. The lowest BCUT2D eigenvalue weighted by Crippen LogP contribution is -2.30. The van der Waals surface area contributed by atoms with E-state index in [1.165, 1.54) is 36.8 Å². The molecule has 1 amide bonds. The van der Waals surface area contributed by atoms with Gasteiger partial charge in [0.15, 0.2) is 6.61 Å². The molecule has 4 heteroatoms. The van der Waals surface area contributed by atoms with Gasteiger partial charge in [-0.05, 0) is 49.9 Å². The van der Waals surface area contributed by atoms with E-state index < -0.39 is 0 Å². The highest BCUT2D eigenvalue weighted by molar-refractivity contribution is 7.99. The summed E-state index contributed by atoms with van der Waals surface area (Å²) < 4.78 is 5.52. The third-order valence-corrected chi connectivity index (χ3v) is 5.31. The highest BCUT2D eigenvalue weighted by Gasteiger charge is 2.14. The number of aryl methyl sites for hydroxylation is 2. The summed E-state index contributed by atoms with van der Waals surface area (Å²) >= 11 is 1.99. The molecule has 1 aromatic rings. The minimum absolute atomic E-state index is 0.0414. The largest absolute Gasteiger partial charge is 0.484 e. The van der Waals surface area contributed by atoms with Crippen molar-refractivity contribution < 1.29 is 9.53 Å². The molecule has 116 valence electrons. The van der Waals surface area contributed by atoms with Crippen LogP contribution in [0.2, 0.25) is 0 Å². The average Bonchev–Trinajstić information content (AvgIpc) is 2.98. The second-order valence-corrected chi connectivity index (χ2v) is 7.07. The first kappa shape index (κ1) is 16.2. The van der Waals surface area contributed by atoms with E-state index in [4.69, 9.17) is 4.74 Å². The summed E-state index contributed by atoms with van der Waals surface area (Å²) in [7, 11) is 0. The number of carbonyl (C=O) groups excluding carboxylic acids is 1. The Labute approximate surface area is 131 Å². The van der Waals surface area contributed by atoms with Crippen LogP contribution in [0.3, 0.4) is 0 Å². The van der Waals surface area contributed by atoms with Crippen molar-refractivity contribution in [1.82, 2.24) is 5.32 Å². The molecule has 0 spiro atoms.